The SMILES string of the molecule is Cc1cc(Br)c(N)c2ccc(=O)[nH]c12. The van der Waals surface area contributed by atoms with Crippen LogP contribution in [0.25, 0.3) is 10.9 Å². The standard InChI is InChI=1S/C10H9BrN2O/c1-5-4-7(11)9(12)6-2-3-8(14)13-10(5)6/h2-4H,12H2,1H3,(H,13,14). The van der Waals surface area contributed by atoms with Crippen molar-refractivity contribution in [1.82, 2.24) is 4.98 Å². The summed E-state index contributed by atoms with van der Waals surface area (Å²) in [7, 11) is 0. The molecule has 72 valence electrons. The highest BCUT2D eigenvalue weighted by Crippen LogP contribution is 2.29. The lowest BCUT2D eigenvalue weighted by Gasteiger charge is -2.06. The van der Waals surface area contributed by atoms with Gasteiger partial charge in [0.1, 0.15) is 0 Å². The van der Waals surface area contributed by atoms with E-state index in [0.717, 1.165) is 20.9 Å². The fourth-order valence-corrected chi connectivity index (χ4v) is 2.04. The molecule has 2 aromatic rings. The Morgan fingerprint density at radius 1 is 1.43 bits per heavy atom. The van der Waals surface area contributed by atoms with E-state index in [1.54, 1.807) is 6.07 Å². The highest BCUT2D eigenvalue weighted by molar-refractivity contribution is 9.10. The monoisotopic (exact) mass is 252 g/mol. The summed E-state index contributed by atoms with van der Waals surface area (Å²) in [4.78, 5) is 13.9. The summed E-state index contributed by atoms with van der Waals surface area (Å²) >= 11 is 3.37. The van der Waals surface area contributed by atoms with E-state index in [1.807, 2.05) is 13.0 Å². The number of nitrogens with two attached hydrogens (primary N) is 1. The summed E-state index contributed by atoms with van der Waals surface area (Å²) < 4.78 is 0.856. The van der Waals surface area contributed by atoms with Crippen LogP contribution in [0.3, 0.4) is 0 Å². The van der Waals surface area contributed by atoms with Gasteiger partial charge < -0.3 is 10.7 Å². The molecule has 1 heterocycles. The lowest BCUT2D eigenvalue weighted by atomic mass is 10.1. The number of aryl methyl sites for hydroxylation is 1. The number of pyridine rings is 1. The van der Waals surface area contributed by atoms with Crippen LogP contribution in [0.1, 0.15) is 5.56 Å². The molecular weight excluding hydrogens is 244 g/mol. The molecule has 0 aliphatic heterocycles. The first-order valence-corrected chi connectivity index (χ1v) is 4.96. The number of H-pyrrole nitrogens is 1. The van der Waals surface area contributed by atoms with E-state index >= 15 is 0 Å². The van der Waals surface area contributed by atoms with Crippen molar-refractivity contribution < 1.29 is 0 Å². The molecule has 0 bridgehead atoms. The van der Waals surface area contributed by atoms with Crippen LogP contribution < -0.4 is 11.3 Å². The van der Waals surface area contributed by atoms with Gasteiger partial charge in [-0.25, -0.2) is 0 Å². The molecule has 0 aliphatic rings. The highest BCUT2D eigenvalue weighted by atomic mass is 79.9. The van der Waals surface area contributed by atoms with E-state index in [4.69, 9.17) is 5.73 Å². The van der Waals surface area contributed by atoms with Crippen LogP contribution in [0.5, 0.6) is 0 Å². The molecule has 0 unspecified atom stereocenters. The second-order valence-corrected chi connectivity index (χ2v) is 4.05. The van der Waals surface area contributed by atoms with Crippen LogP contribution in [0, 0.1) is 6.92 Å². The molecule has 1 aromatic carbocycles. The molecule has 0 radical (unpaired) electrons. The zero-order valence-electron chi connectivity index (χ0n) is 7.60. The minimum atomic E-state index is -0.109. The smallest absolute Gasteiger partial charge is 0.248 e. The molecule has 0 saturated carbocycles. The number of benzene rings is 1. The predicted octanol–water partition coefficient (Wildman–Crippen LogP) is 2.18. The van der Waals surface area contributed by atoms with Crippen molar-refractivity contribution in [2.75, 3.05) is 5.73 Å². The minimum absolute atomic E-state index is 0.109. The Hall–Kier alpha value is -1.29. The number of anilines is 1. The number of hydrogen-bond donors (Lipinski definition) is 2. The van der Waals surface area contributed by atoms with Gasteiger partial charge in [-0.15, -0.1) is 0 Å². The summed E-state index contributed by atoms with van der Waals surface area (Å²) in [5.41, 5.74) is 8.22. The maximum absolute atomic E-state index is 11.1. The Bertz CT molecular complexity index is 560. The zero-order chi connectivity index (χ0) is 10.3. The van der Waals surface area contributed by atoms with E-state index in [2.05, 4.69) is 20.9 Å². The number of rotatable bonds is 0. The molecule has 0 fully saturated rings. The van der Waals surface area contributed by atoms with Gasteiger partial charge in [0.25, 0.3) is 0 Å². The summed E-state index contributed by atoms with van der Waals surface area (Å²) in [5.74, 6) is 0. The minimum Gasteiger partial charge on any atom is -0.397 e. The number of aromatic nitrogens is 1. The number of hydrogen-bond acceptors (Lipinski definition) is 2. The van der Waals surface area contributed by atoms with Gasteiger partial charge in [0, 0.05) is 15.9 Å². The number of nitrogen functional groups attached to an aromatic ring is 1. The van der Waals surface area contributed by atoms with Crippen LogP contribution in [-0.2, 0) is 0 Å². The van der Waals surface area contributed by atoms with E-state index in [-0.39, 0.29) is 5.56 Å². The largest absolute Gasteiger partial charge is 0.397 e. The number of fused-ring (bicyclic) bond motifs is 1. The highest BCUT2D eigenvalue weighted by Gasteiger charge is 2.05. The normalized spacial score (nSPS) is 10.7. The van der Waals surface area contributed by atoms with E-state index < -0.39 is 0 Å². The molecule has 3 nitrogen and oxygen atoms in total. The van der Waals surface area contributed by atoms with Crippen molar-refractivity contribution in [1.29, 1.82) is 0 Å². The van der Waals surface area contributed by atoms with Gasteiger partial charge in [0.05, 0.1) is 11.2 Å². The molecule has 14 heavy (non-hydrogen) atoms. The van der Waals surface area contributed by atoms with Gasteiger partial charge in [0.2, 0.25) is 5.56 Å². The molecule has 2 rings (SSSR count). The molecule has 0 atom stereocenters. The van der Waals surface area contributed by atoms with E-state index in [0.29, 0.717) is 5.69 Å². The topological polar surface area (TPSA) is 58.9 Å². The van der Waals surface area contributed by atoms with Crippen molar-refractivity contribution in [2.45, 2.75) is 6.92 Å². The van der Waals surface area contributed by atoms with Crippen LogP contribution in [0.2, 0.25) is 0 Å². The van der Waals surface area contributed by atoms with Crippen LogP contribution in [0.4, 0.5) is 5.69 Å². The molecule has 0 amide bonds. The summed E-state index contributed by atoms with van der Waals surface area (Å²) in [5, 5.41) is 0.872. The van der Waals surface area contributed by atoms with Crippen molar-refractivity contribution in [3.8, 4) is 0 Å². The molecule has 0 spiro atoms. The fraction of sp³-hybridized carbons (Fsp3) is 0.100. The third-order valence-corrected chi connectivity index (χ3v) is 2.86. The Kier molecular flexibility index (Phi) is 2.07. The van der Waals surface area contributed by atoms with Crippen molar-refractivity contribution in [2.24, 2.45) is 0 Å². The van der Waals surface area contributed by atoms with Gasteiger partial charge in [-0.05, 0) is 40.5 Å². The Labute approximate surface area is 89.1 Å². The summed E-state index contributed by atoms with van der Waals surface area (Å²) in [6.07, 6.45) is 0. The van der Waals surface area contributed by atoms with Crippen LogP contribution in [0.15, 0.2) is 27.5 Å². The molecule has 3 N–H and O–H groups in total. The first-order valence-electron chi connectivity index (χ1n) is 4.17. The third kappa shape index (κ3) is 1.32. The van der Waals surface area contributed by atoms with Crippen molar-refractivity contribution in [3.05, 3.63) is 38.6 Å². The van der Waals surface area contributed by atoms with Gasteiger partial charge >= 0.3 is 0 Å². The zero-order valence-corrected chi connectivity index (χ0v) is 9.18. The van der Waals surface area contributed by atoms with Gasteiger partial charge in [-0.3, -0.25) is 4.79 Å². The molecule has 4 heteroatoms. The van der Waals surface area contributed by atoms with Gasteiger partial charge in [-0.2, -0.15) is 0 Å². The summed E-state index contributed by atoms with van der Waals surface area (Å²) in [6.45, 7) is 1.93. The quantitative estimate of drug-likeness (QED) is 0.707. The molecule has 0 saturated heterocycles. The molecular formula is C10H9BrN2O. The maximum Gasteiger partial charge on any atom is 0.248 e. The lowest BCUT2D eigenvalue weighted by molar-refractivity contribution is 1.28. The Morgan fingerprint density at radius 2 is 2.14 bits per heavy atom. The van der Waals surface area contributed by atoms with E-state index in [1.165, 1.54) is 6.07 Å². The fourth-order valence-electron chi connectivity index (χ4n) is 1.48. The van der Waals surface area contributed by atoms with Crippen LogP contribution >= 0.6 is 15.9 Å². The average molecular weight is 253 g/mol. The van der Waals surface area contributed by atoms with Crippen molar-refractivity contribution in [3.63, 3.8) is 0 Å². The number of nitrogens with one attached hydrogen (secondary N) is 1. The Balaban J connectivity index is 3.02. The third-order valence-electron chi connectivity index (χ3n) is 2.20. The second-order valence-electron chi connectivity index (χ2n) is 3.20. The number of aromatic amines is 1. The average Bonchev–Trinajstić information content (AvgIpc) is 2.14. The van der Waals surface area contributed by atoms with Gasteiger partial charge in [0.15, 0.2) is 0 Å². The number of halogens is 1. The maximum atomic E-state index is 11.1. The van der Waals surface area contributed by atoms with Gasteiger partial charge in [-0.1, -0.05) is 0 Å². The predicted molar refractivity (Wildman–Crippen MR) is 61.4 cm³/mol. The molecule has 0 aliphatic carbocycles. The Morgan fingerprint density at radius 3 is 2.86 bits per heavy atom. The first kappa shape index (κ1) is 9.27. The van der Waals surface area contributed by atoms with Crippen molar-refractivity contribution >= 4 is 32.5 Å². The first-order chi connectivity index (χ1) is 6.59. The second kappa shape index (κ2) is 3.13. The summed E-state index contributed by atoms with van der Waals surface area (Å²) in [6, 6.07) is 5.11. The van der Waals surface area contributed by atoms with E-state index in [9.17, 15) is 4.79 Å². The lowest BCUT2D eigenvalue weighted by Crippen LogP contribution is -2.04. The van der Waals surface area contributed by atoms with Crippen LogP contribution in [-0.4, -0.2) is 4.98 Å². The molecule has 1 aromatic heterocycles.